The van der Waals surface area contributed by atoms with E-state index in [-0.39, 0.29) is 0 Å². The summed E-state index contributed by atoms with van der Waals surface area (Å²) in [5, 5.41) is 3.98. The summed E-state index contributed by atoms with van der Waals surface area (Å²) in [4.78, 5) is 0. The summed E-state index contributed by atoms with van der Waals surface area (Å²) >= 11 is 0. The van der Waals surface area contributed by atoms with Crippen LogP contribution in [0, 0.1) is 5.92 Å². The second-order valence-electron chi connectivity index (χ2n) is 5.79. The number of nitrogens with zero attached hydrogens (tertiary/aromatic N) is 1. The van der Waals surface area contributed by atoms with Crippen molar-refractivity contribution >= 4 is 5.82 Å². The molecule has 106 valence electrons. The predicted molar refractivity (Wildman–Crippen MR) is 81.2 cm³/mol. The van der Waals surface area contributed by atoms with Gasteiger partial charge in [0.05, 0.1) is 5.56 Å². The van der Waals surface area contributed by atoms with Crippen LogP contribution in [0.3, 0.4) is 0 Å². The first-order valence-electron chi connectivity index (χ1n) is 7.64. The predicted octanol–water partition coefficient (Wildman–Crippen LogP) is 4.44. The van der Waals surface area contributed by atoms with E-state index in [4.69, 9.17) is 10.3 Å². The normalized spacial score (nSPS) is 17.0. The van der Waals surface area contributed by atoms with Gasteiger partial charge >= 0.3 is 0 Å². The van der Waals surface area contributed by atoms with Gasteiger partial charge < -0.3 is 10.3 Å². The average molecular weight is 270 g/mol. The SMILES string of the molecule is Nc1noc(CC2CCCCCC2)c1-c1ccccc1. The number of aromatic nitrogens is 1. The molecule has 2 aromatic rings. The topological polar surface area (TPSA) is 52.0 Å². The molecule has 1 aliphatic carbocycles. The lowest BCUT2D eigenvalue weighted by molar-refractivity contribution is 0.347. The van der Waals surface area contributed by atoms with Gasteiger partial charge in [-0.25, -0.2) is 0 Å². The highest BCUT2D eigenvalue weighted by Crippen LogP contribution is 2.33. The largest absolute Gasteiger partial charge is 0.380 e. The number of nitrogens with two attached hydrogens (primary N) is 1. The van der Waals surface area contributed by atoms with E-state index in [1.807, 2.05) is 18.2 Å². The van der Waals surface area contributed by atoms with Gasteiger partial charge in [-0.1, -0.05) is 74.0 Å². The number of nitrogen functional groups attached to an aromatic ring is 1. The highest BCUT2D eigenvalue weighted by Gasteiger charge is 2.20. The summed E-state index contributed by atoms with van der Waals surface area (Å²) in [6.07, 6.45) is 9.00. The van der Waals surface area contributed by atoms with E-state index in [1.54, 1.807) is 0 Å². The molecule has 3 heteroatoms. The quantitative estimate of drug-likeness (QED) is 0.839. The van der Waals surface area contributed by atoms with E-state index < -0.39 is 0 Å². The maximum absolute atomic E-state index is 6.00. The lowest BCUT2D eigenvalue weighted by Crippen LogP contribution is -2.03. The van der Waals surface area contributed by atoms with Crippen molar-refractivity contribution in [3.8, 4) is 11.1 Å². The molecule has 20 heavy (non-hydrogen) atoms. The maximum atomic E-state index is 6.00. The molecule has 0 radical (unpaired) electrons. The van der Waals surface area contributed by atoms with E-state index in [0.29, 0.717) is 11.7 Å². The Morgan fingerprint density at radius 3 is 2.45 bits per heavy atom. The maximum Gasteiger partial charge on any atom is 0.175 e. The van der Waals surface area contributed by atoms with E-state index in [9.17, 15) is 0 Å². The second kappa shape index (κ2) is 6.12. The van der Waals surface area contributed by atoms with Crippen LogP contribution >= 0.6 is 0 Å². The Labute approximate surface area is 120 Å². The summed E-state index contributed by atoms with van der Waals surface area (Å²) in [6.45, 7) is 0. The van der Waals surface area contributed by atoms with Crippen LogP contribution in [-0.2, 0) is 6.42 Å². The van der Waals surface area contributed by atoms with Gasteiger partial charge in [-0.2, -0.15) is 0 Å². The third-order valence-corrected chi connectivity index (χ3v) is 4.30. The molecule has 2 N–H and O–H groups in total. The zero-order chi connectivity index (χ0) is 13.8. The molecule has 0 bridgehead atoms. The van der Waals surface area contributed by atoms with Gasteiger partial charge in [-0.05, 0) is 11.5 Å². The summed E-state index contributed by atoms with van der Waals surface area (Å²) in [7, 11) is 0. The standard InChI is InChI=1S/C17H22N2O/c18-17-16(14-10-6-3-7-11-14)15(20-19-17)12-13-8-4-1-2-5-9-13/h3,6-7,10-11,13H,1-2,4-5,8-9,12H2,(H2,18,19). The third kappa shape index (κ3) is 2.87. The molecule has 0 amide bonds. The molecule has 1 aliphatic rings. The summed E-state index contributed by atoms with van der Waals surface area (Å²) in [5.74, 6) is 2.19. The Morgan fingerprint density at radius 2 is 1.75 bits per heavy atom. The number of anilines is 1. The van der Waals surface area contributed by atoms with Gasteiger partial charge in [0.2, 0.25) is 0 Å². The van der Waals surface area contributed by atoms with E-state index in [1.165, 1.54) is 38.5 Å². The minimum Gasteiger partial charge on any atom is -0.380 e. The highest BCUT2D eigenvalue weighted by molar-refractivity contribution is 5.75. The molecule has 0 atom stereocenters. The molecular weight excluding hydrogens is 248 g/mol. The van der Waals surface area contributed by atoms with E-state index in [0.717, 1.165) is 23.3 Å². The fourth-order valence-electron chi connectivity index (χ4n) is 3.22. The van der Waals surface area contributed by atoms with Crippen LogP contribution in [0.4, 0.5) is 5.82 Å². The molecule has 1 heterocycles. The van der Waals surface area contributed by atoms with E-state index in [2.05, 4.69) is 17.3 Å². The summed E-state index contributed by atoms with van der Waals surface area (Å²) in [5.41, 5.74) is 8.11. The molecule has 0 unspecified atom stereocenters. The van der Waals surface area contributed by atoms with Crippen molar-refractivity contribution in [2.24, 2.45) is 5.92 Å². The van der Waals surface area contributed by atoms with Crippen molar-refractivity contribution in [2.75, 3.05) is 5.73 Å². The first-order valence-corrected chi connectivity index (χ1v) is 7.64. The average Bonchev–Trinajstić information content (AvgIpc) is 2.67. The van der Waals surface area contributed by atoms with Crippen LogP contribution in [0.15, 0.2) is 34.9 Å². The number of hydrogen-bond donors (Lipinski definition) is 1. The molecule has 1 fully saturated rings. The number of rotatable bonds is 3. The molecule has 1 saturated carbocycles. The van der Waals surface area contributed by atoms with E-state index >= 15 is 0 Å². The van der Waals surface area contributed by atoms with Crippen LogP contribution in [0.1, 0.15) is 44.3 Å². The van der Waals surface area contributed by atoms with Gasteiger partial charge in [0.15, 0.2) is 5.82 Å². The first kappa shape index (κ1) is 13.2. The molecule has 1 aromatic heterocycles. The van der Waals surface area contributed by atoms with Crippen LogP contribution in [0.2, 0.25) is 0 Å². The van der Waals surface area contributed by atoms with Gasteiger partial charge in [-0.3, -0.25) is 0 Å². The van der Waals surface area contributed by atoms with Gasteiger partial charge in [0.25, 0.3) is 0 Å². The Kier molecular flexibility index (Phi) is 4.05. The van der Waals surface area contributed by atoms with Crippen molar-refractivity contribution in [2.45, 2.75) is 44.9 Å². The lowest BCUT2D eigenvalue weighted by Gasteiger charge is -2.12. The van der Waals surface area contributed by atoms with Crippen molar-refractivity contribution in [1.82, 2.24) is 5.16 Å². The first-order chi connectivity index (χ1) is 9.84. The van der Waals surface area contributed by atoms with Crippen molar-refractivity contribution in [3.63, 3.8) is 0 Å². The monoisotopic (exact) mass is 270 g/mol. The summed E-state index contributed by atoms with van der Waals surface area (Å²) in [6, 6.07) is 10.2. The number of benzene rings is 1. The second-order valence-corrected chi connectivity index (χ2v) is 5.79. The van der Waals surface area contributed by atoms with Crippen LogP contribution in [0.5, 0.6) is 0 Å². The van der Waals surface area contributed by atoms with Gasteiger partial charge in [0, 0.05) is 6.42 Å². The van der Waals surface area contributed by atoms with Crippen molar-refractivity contribution < 1.29 is 4.52 Å². The smallest absolute Gasteiger partial charge is 0.175 e. The van der Waals surface area contributed by atoms with Gasteiger partial charge in [-0.15, -0.1) is 0 Å². The fourth-order valence-corrected chi connectivity index (χ4v) is 3.22. The van der Waals surface area contributed by atoms with Gasteiger partial charge in [0.1, 0.15) is 5.76 Å². The zero-order valence-corrected chi connectivity index (χ0v) is 11.8. The van der Waals surface area contributed by atoms with Crippen LogP contribution in [0.25, 0.3) is 11.1 Å². The van der Waals surface area contributed by atoms with Crippen molar-refractivity contribution in [1.29, 1.82) is 0 Å². The minimum absolute atomic E-state index is 0.514. The molecule has 1 aromatic carbocycles. The van der Waals surface area contributed by atoms with Crippen LogP contribution in [-0.4, -0.2) is 5.16 Å². The molecule has 0 saturated heterocycles. The Balaban J connectivity index is 1.83. The molecular formula is C17H22N2O. The third-order valence-electron chi connectivity index (χ3n) is 4.30. The summed E-state index contributed by atoms with van der Waals surface area (Å²) < 4.78 is 5.52. The Bertz CT molecular complexity index is 539. The fraction of sp³-hybridized carbons (Fsp3) is 0.471. The molecule has 3 nitrogen and oxygen atoms in total. The molecule has 3 rings (SSSR count). The van der Waals surface area contributed by atoms with Crippen molar-refractivity contribution in [3.05, 3.63) is 36.1 Å². The lowest BCUT2D eigenvalue weighted by atomic mass is 9.92. The minimum atomic E-state index is 0.514. The molecule has 0 spiro atoms. The zero-order valence-electron chi connectivity index (χ0n) is 11.8. The Morgan fingerprint density at radius 1 is 1.05 bits per heavy atom. The molecule has 0 aliphatic heterocycles. The Hall–Kier alpha value is -1.77. The van der Waals surface area contributed by atoms with Crippen LogP contribution < -0.4 is 5.73 Å². The number of hydrogen-bond acceptors (Lipinski definition) is 3. The highest BCUT2D eigenvalue weighted by atomic mass is 16.5.